The molecule has 2 N–H and O–H groups in total. The summed E-state index contributed by atoms with van der Waals surface area (Å²) in [5.74, 6) is -0.373. The molecule has 3 aromatic rings. The van der Waals surface area contributed by atoms with Crippen molar-refractivity contribution < 1.29 is 14.7 Å². The van der Waals surface area contributed by atoms with Crippen molar-refractivity contribution in [3.63, 3.8) is 0 Å². The Morgan fingerprint density at radius 1 is 1.23 bits per heavy atom. The van der Waals surface area contributed by atoms with Gasteiger partial charge < -0.3 is 15.3 Å². The topological polar surface area (TPSA) is 99.8 Å². The van der Waals surface area contributed by atoms with Gasteiger partial charge in [0.2, 0.25) is 0 Å². The molecule has 1 aliphatic heterocycles. The second-order valence-electron chi connectivity index (χ2n) is 6.20. The minimum absolute atomic E-state index is 0.0556. The van der Waals surface area contributed by atoms with Crippen LogP contribution in [0.2, 0.25) is 0 Å². The second-order valence-corrected chi connectivity index (χ2v) is 6.20. The molecule has 2 aromatic heterocycles. The van der Waals surface area contributed by atoms with Crippen LogP contribution in [-0.4, -0.2) is 55.6 Å². The standard InChI is InChI=1S/C18H17N5O3/c24-14-4-1-3-12(9-14)18(26)22-8-6-13(11-22)21-17(25)15-10-19-16-5-2-7-20-23(15)16/h1-5,7,9-10,13,24H,6,8,11H2,(H,21,25)/t13-/m0/s1. The molecule has 0 aliphatic carbocycles. The van der Waals surface area contributed by atoms with Gasteiger partial charge in [0.05, 0.1) is 6.20 Å². The number of nitrogens with one attached hydrogen (secondary N) is 1. The number of aromatic nitrogens is 3. The van der Waals surface area contributed by atoms with Crippen LogP contribution >= 0.6 is 0 Å². The van der Waals surface area contributed by atoms with E-state index < -0.39 is 0 Å². The smallest absolute Gasteiger partial charge is 0.271 e. The molecule has 0 bridgehead atoms. The van der Waals surface area contributed by atoms with Gasteiger partial charge in [-0.15, -0.1) is 0 Å². The van der Waals surface area contributed by atoms with Crippen molar-refractivity contribution in [2.24, 2.45) is 0 Å². The van der Waals surface area contributed by atoms with E-state index in [0.29, 0.717) is 36.4 Å². The number of benzene rings is 1. The van der Waals surface area contributed by atoms with E-state index in [1.807, 2.05) is 0 Å². The van der Waals surface area contributed by atoms with Gasteiger partial charge >= 0.3 is 0 Å². The number of hydrogen-bond donors (Lipinski definition) is 2. The molecular formula is C18H17N5O3. The average Bonchev–Trinajstić information content (AvgIpc) is 3.28. The third kappa shape index (κ3) is 2.97. The minimum Gasteiger partial charge on any atom is -0.508 e. The van der Waals surface area contributed by atoms with Gasteiger partial charge in [0.15, 0.2) is 5.65 Å². The number of amides is 2. The maximum absolute atomic E-state index is 12.5. The molecular weight excluding hydrogens is 334 g/mol. The van der Waals surface area contributed by atoms with E-state index >= 15 is 0 Å². The van der Waals surface area contributed by atoms with Crippen LogP contribution in [0.1, 0.15) is 27.3 Å². The summed E-state index contributed by atoms with van der Waals surface area (Å²) < 4.78 is 1.49. The molecule has 1 aromatic carbocycles. The zero-order valence-corrected chi connectivity index (χ0v) is 13.9. The molecule has 1 aliphatic rings. The monoisotopic (exact) mass is 351 g/mol. The SMILES string of the molecule is O=C(N[C@H]1CCN(C(=O)c2cccc(O)c2)C1)c1cnc2cccnn12. The minimum atomic E-state index is -0.271. The summed E-state index contributed by atoms with van der Waals surface area (Å²) in [6.45, 7) is 0.967. The van der Waals surface area contributed by atoms with Gasteiger partial charge in [0.1, 0.15) is 11.4 Å². The lowest BCUT2D eigenvalue weighted by Gasteiger charge is -2.17. The summed E-state index contributed by atoms with van der Waals surface area (Å²) in [7, 11) is 0. The molecule has 8 heteroatoms. The van der Waals surface area contributed by atoms with Crippen LogP contribution in [0.5, 0.6) is 5.75 Å². The molecule has 0 spiro atoms. The summed E-state index contributed by atoms with van der Waals surface area (Å²) in [6, 6.07) is 9.65. The fourth-order valence-electron chi connectivity index (χ4n) is 3.13. The van der Waals surface area contributed by atoms with Crippen molar-refractivity contribution in [2.45, 2.75) is 12.5 Å². The van der Waals surface area contributed by atoms with Crippen molar-refractivity contribution in [3.05, 3.63) is 60.0 Å². The number of hydrogen-bond acceptors (Lipinski definition) is 5. The third-order valence-corrected chi connectivity index (χ3v) is 4.41. The average molecular weight is 351 g/mol. The maximum Gasteiger partial charge on any atom is 0.271 e. The van der Waals surface area contributed by atoms with E-state index in [-0.39, 0.29) is 23.6 Å². The van der Waals surface area contributed by atoms with Crippen LogP contribution in [0.3, 0.4) is 0 Å². The molecule has 1 atom stereocenters. The molecule has 132 valence electrons. The molecule has 26 heavy (non-hydrogen) atoms. The number of fused-ring (bicyclic) bond motifs is 1. The highest BCUT2D eigenvalue weighted by atomic mass is 16.3. The quantitative estimate of drug-likeness (QED) is 0.735. The Balaban J connectivity index is 1.43. The number of carbonyl (C=O) groups excluding carboxylic acids is 2. The Morgan fingerprint density at radius 3 is 2.96 bits per heavy atom. The Kier molecular flexibility index (Phi) is 4.00. The van der Waals surface area contributed by atoms with Crippen LogP contribution in [-0.2, 0) is 0 Å². The normalized spacial score (nSPS) is 16.8. The molecule has 3 heterocycles. The first kappa shape index (κ1) is 16.1. The zero-order chi connectivity index (χ0) is 18.1. The largest absolute Gasteiger partial charge is 0.508 e. The van der Waals surface area contributed by atoms with Crippen LogP contribution in [0, 0.1) is 0 Å². The highest BCUT2D eigenvalue weighted by molar-refractivity contribution is 5.95. The van der Waals surface area contributed by atoms with E-state index in [4.69, 9.17) is 0 Å². The highest BCUT2D eigenvalue weighted by Gasteiger charge is 2.29. The number of phenols is 1. The number of nitrogens with zero attached hydrogens (tertiary/aromatic N) is 4. The van der Waals surface area contributed by atoms with Crippen molar-refractivity contribution in [1.29, 1.82) is 0 Å². The maximum atomic E-state index is 12.5. The molecule has 0 radical (unpaired) electrons. The van der Waals surface area contributed by atoms with Gasteiger partial charge in [-0.2, -0.15) is 5.10 Å². The van der Waals surface area contributed by atoms with E-state index in [9.17, 15) is 14.7 Å². The number of rotatable bonds is 3. The first-order valence-corrected chi connectivity index (χ1v) is 8.30. The zero-order valence-electron chi connectivity index (χ0n) is 13.9. The van der Waals surface area contributed by atoms with Gasteiger partial charge in [0, 0.05) is 30.9 Å². The van der Waals surface area contributed by atoms with Gasteiger partial charge in [0.25, 0.3) is 11.8 Å². The number of phenolic OH excluding ortho intramolecular Hbond substituents is 1. The molecule has 1 fully saturated rings. The Hall–Kier alpha value is -3.42. The highest BCUT2D eigenvalue weighted by Crippen LogP contribution is 2.17. The summed E-state index contributed by atoms with van der Waals surface area (Å²) in [5.41, 5.74) is 1.39. The predicted octanol–water partition coefficient (Wildman–Crippen LogP) is 1.08. The second kappa shape index (κ2) is 6.47. The molecule has 4 rings (SSSR count). The van der Waals surface area contributed by atoms with Gasteiger partial charge in [-0.25, -0.2) is 9.50 Å². The molecule has 0 unspecified atom stereocenters. The van der Waals surface area contributed by atoms with E-state index in [1.54, 1.807) is 35.4 Å². The summed E-state index contributed by atoms with van der Waals surface area (Å²) in [6.07, 6.45) is 3.75. The van der Waals surface area contributed by atoms with Crippen molar-refractivity contribution in [3.8, 4) is 5.75 Å². The number of likely N-dealkylation sites (tertiary alicyclic amines) is 1. The Morgan fingerprint density at radius 2 is 2.12 bits per heavy atom. The lowest BCUT2D eigenvalue weighted by molar-refractivity contribution is 0.0782. The fourth-order valence-corrected chi connectivity index (χ4v) is 3.13. The van der Waals surface area contributed by atoms with E-state index in [0.717, 1.165) is 0 Å². The summed E-state index contributed by atoms with van der Waals surface area (Å²) in [5, 5.41) is 16.6. The van der Waals surface area contributed by atoms with Crippen LogP contribution in [0.25, 0.3) is 5.65 Å². The van der Waals surface area contributed by atoms with E-state index in [2.05, 4.69) is 15.4 Å². The van der Waals surface area contributed by atoms with Crippen molar-refractivity contribution in [1.82, 2.24) is 24.8 Å². The van der Waals surface area contributed by atoms with Gasteiger partial charge in [-0.05, 0) is 36.8 Å². The fraction of sp³-hybridized carbons (Fsp3) is 0.222. The van der Waals surface area contributed by atoms with E-state index in [1.165, 1.54) is 22.8 Å². The Labute approximate surface area is 149 Å². The van der Waals surface area contributed by atoms with Gasteiger partial charge in [-0.3, -0.25) is 9.59 Å². The number of imidazole rings is 1. The lowest BCUT2D eigenvalue weighted by Crippen LogP contribution is -2.39. The van der Waals surface area contributed by atoms with Crippen LogP contribution in [0.4, 0.5) is 0 Å². The van der Waals surface area contributed by atoms with Crippen LogP contribution < -0.4 is 5.32 Å². The summed E-state index contributed by atoms with van der Waals surface area (Å²) in [4.78, 5) is 30.9. The Bertz CT molecular complexity index is 984. The molecule has 0 saturated carbocycles. The summed E-state index contributed by atoms with van der Waals surface area (Å²) >= 11 is 0. The third-order valence-electron chi connectivity index (χ3n) is 4.41. The van der Waals surface area contributed by atoms with Crippen molar-refractivity contribution >= 4 is 17.5 Å². The predicted molar refractivity (Wildman–Crippen MR) is 92.9 cm³/mol. The lowest BCUT2D eigenvalue weighted by atomic mass is 10.2. The first-order valence-electron chi connectivity index (χ1n) is 8.30. The number of aromatic hydroxyl groups is 1. The first-order chi connectivity index (χ1) is 12.6. The molecule has 8 nitrogen and oxygen atoms in total. The van der Waals surface area contributed by atoms with Gasteiger partial charge in [-0.1, -0.05) is 6.07 Å². The van der Waals surface area contributed by atoms with Crippen molar-refractivity contribution in [2.75, 3.05) is 13.1 Å². The number of carbonyl (C=O) groups is 2. The molecule has 1 saturated heterocycles. The van der Waals surface area contributed by atoms with Crippen LogP contribution in [0.15, 0.2) is 48.8 Å². The molecule has 2 amide bonds.